The van der Waals surface area contributed by atoms with Gasteiger partial charge in [0.2, 0.25) is 0 Å². The molecule has 3 atom stereocenters. The lowest BCUT2D eigenvalue weighted by Crippen LogP contribution is -2.28. The molecule has 1 aromatic heterocycles. The second-order valence-corrected chi connectivity index (χ2v) is 9.78. The maximum Gasteiger partial charge on any atom is 0.160 e. The lowest BCUT2D eigenvalue weighted by molar-refractivity contribution is 0.745. The van der Waals surface area contributed by atoms with Crippen LogP contribution < -0.4 is 4.90 Å². The highest BCUT2D eigenvalue weighted by atomic mass is 15.2. The standard InChI is InChI=1S/C34H27N3/c1-3-11-24(12-4-1)30-23-31(25-13-5-2-6-14-25)36-34(35-30)26-19-21-27(22-20-26)37-32-17-9-7-15-28(32)29-16-8-10-18-33(29)37/h1-13,15-23,25,28,32H,14H2. The fourth-order valence-electron chi connectivity index (χ4n) is 5.70. The van der Waals surface area contributed by atoms with Crippen molar-refractivity contribution in [1.82, 2.24) is 9.97 Å². The van der Waals surface area contributed by atoms with Crippen molar-refractivity contribution in [2.24, 2.45) is 0 Å². The zero-order valence-corrected chi connectivity index (χ0v) is 20.5. The van der Waals surface area contributed by atoms with Crippen LogP contribution in [0.15, 0.2) is 134 Å². The van der Waals surface area contributed by atoms with E-state index in [0.717, 1.165) is 34.8 Å². The predicted octanol–water partition coefficient (Wildman–Crippen LogP) is 8.14. The Hall–Kier alpha value is -4.50. The quantitative estimate of drug-likeness (QED) is 0.297. The third kappa shape index (κ3) is 3.93. The van der Waals surface area contributed by atoms with Crippen molar-refractivity contribution in [3.05, 3.63) is 145 Å². The van der Waals surface area contributed by atoms with Crippen LogP contribution in [0, 0.1) is 0 Å². The smallest absolute Gasteiger partial charge is 0.160 e. The third-order valence-corrected chi connectivity index (χ3v) is 7.54. The molecule has 0 amide bonds. The van der Waals surface area contributed by atoms with Crippen molar-refractivity contribution < 1.29 is 0 Å². The van der Waals surface area contributed by atoms with E-state index >= 15 is 0 Å². The molecule has 178 valence electrons. The van der Waals surface area contributed by atoms with Crippen LogP contribution in [0.1, 0.15) is 29.5 Å². The van der Waals surface area contributed by atoms with E-state index in [9.17, 15) is 0 Å². The summed E-state index contributed by atoms with van der Waals surface area (Å²) >= 11 is 0. The summed E-state index contributed by atoms with van der Waals surface area (Å²) in [5, 5.41) is 0. The summed E-state index contributed by atoms with van der Waals surface area (Å²) in [7, 11) is 0. The second kappa shape index (κ2) is 9.18. The molecule has 37 heavy (non-hydrogen) atoms. The summed E-state index contributed by atoms with van der Waals surface area (Å²) in [5.41, 5.74) is 8.01. The van der Waals surface area contributed by atoms with Crippen LogP contribution in [0.2, 0.25) is 0 Å². The molecule has 1 aliphatic heterocycles. The molecule has 3 heteroatoms. The van der Waals surface area contributed by atoms with Gasteiger partial charge in [-0.15, -0.1) is 0 Å². The third-order valence-electron chi connectivity index (χ3n) is 7.54. The highest BCUT2D eigenvalue weighted by Crippen LogP contribution is 2.47. The van der Waals surface area contributed by atoms with Crippen LogP contribution in [-0.2, 0) is 0 Å². The van der Waals surface area contributed by atoms with Gasteiger partial charge in [-0.1, -0.05) is 97.1 Å². The van der Waals surface area contributed by atoms with Gasteiger partial charge in [0.25, 0.3) is 0 Å². The Balaban J connectivity index is 1.28. The van der Waals surface area contributed by atoms with E-state index in [4.69, 9.17) is 9.97 Å². The fraction of sp³-hybridized carbons (Fsp3) is 0.118. The monoisotopic (exact) mass is 477 g/mol. The molecule has 0 saturated carbocycles. The van der Waals surface area contributed by atoms with E-state index in [0.29, 0.717) is 12.0 Å². The number of hydrogen-bond acceptors (Lipinski definition) is 3. The fourth-order valence-corrected chi connectivity index (χ4v) is 5.70. The van der Waals surface area contributed by atoms with Gasteiger partial charge >= 0.3 is 0 Å². The van der Waals surface area contributed by atoms with Crippen molar-refractivity contribution in [2.45, 2.75) is 24.3 Å². The van der Waals surface area contributed by atoms with Gasteiger partial charge < -0.3 is 4.90 Å². The van der Waals surface area contributed by atoms with Crippen molar-refractivity contribution in [2.75, 3.05) is 4.90 Å². The molecule has 0 N–H and O–H groups in total. The molecule has 4 aromatic rings. The molecule has 3 unspecified atom stereocenters. The summed E-state index contributed by atoms with van der Waals surface area (Å²) in [5.74, 6) is 1.41. The van der Waals surface area contributed by atoms with Crippen molar-refractivity contribution in [1.29, 1.82) is 0 Å². The molecular formula is C34H27N3. The van der Waals surface area contributed by atoms with Gasteiger partial charge in [0, 0.05) is 34.3 Å². The van der Waals surface area contributed by atoms with Crippen LogP contribution in [0.5, 0.6) is 0 Å². The minimum atomic E-state index is 0.262. The van der Waals surface area contributed by atoms with Crippen molar-refractivity contribution in [3.8, 4) is 22.6 Å². The second-order valence-electron chi connectivity index (χ2n) is 9.78. The summed E-state index contributed by atoms with van der Waals surface area (Å²) in [4.78, 5) is 12.5. The first kappa shape index (κ1) is 21.8. The molecule has 0 saturated heterocycles. The number of anilines is 2. The first-order chi connectivity index (χ1) is 18.3. The maximum absolute atomic E-state index is 5.05. The average molecular weight is 478 g/mol. The topological polar surface area (TPSA) is 29.0 Å². The van der Waals surface area contributed by atoms with E-state index in [-0.39, 0.29) is 5.92 Å². The Kier molecular flexibility index (Phi) is 5.40. The molecular weight excluding hydrogens is 450 g/mol. The number of benzene rings is 3. The maximum atomic E-state index is 5.05. The molecule has 2 aliphatic carbocycles. The molecule has 3 nitrogen and oxygen atoms in total. The van der Waals surface area contributed by atoms with E-state index in [2.05, 4.69) is 132 Å². The Bertz CT molecular complexity index is 1560. The number of allylic oxidation sites excluding steroid dienone is 6. The summed E-state index contributed by atoms with van der Waals surface area (Å²) in [6.07, 6.45) is 18.6. The highest BCUT2D eigenvalue weighted by molar-refractivity contribution is 5.76. The minimum absolute atomic E-state index is 0.262. The number of rotatable bonds is 4. The number of hydrogen-bond donors (Lipinski definition) is 0. The minimum Gasteiger partial charge on any atom is -0.333 e. The van der Waals surface area contributed by atoms with Gasteiger partial charge in [-0.2, -0.15) is 0 Å². The summed E-state index contributed by atoms with van der Waals surface area (Å²) in [6.45, 7) is 0. The molecule has 0 spiro atoms. The Morgan fingerprint density at radius 2 is 1.46 bits per heavy atom. The summed E-state index contributed by atoms with van der Waals surface area (Å²) < 4.78 is 0. The lowest BCUT2D eigenvalue weighted by Gasteiger charge is -2.28. The van der Waals surface area contributed by atoms with Gasteiger partial charge in [-0.05, 0) is 48.4 Å². The predicted molar refractivity (Wildman–Crippen MR) is 152 cm³/mol. The van der Waals surface area contributed by atoms with Gasteiger partial charge in [-0.3, -0.25) is 0 Å². The van der Waals surface area contributed by atoms with E-state index in [1.165, 1.54) is 16.9 Å². The highest BCUT2D eigenvalue weighted by Gasteiger charge is 2.36. The molecule has 0 fully saturated rings. The largest absolute Gasteiger partial charge is 0.333 e. The molecule has 3 aliphatic rings. The molecule has 0 radical (unpaired) electrons. The van der Waals surface area contributed by atoms with Crippen molar-refractivity contribution in [3.63, 3.8) is 0 Å². The van der Waals surface area contributed by atoms with Crippen LogP contribution >= 0.6 is 0 Å². The lowest BCUT2D eigenvalue weighted by atomic mass is 9.91. The Morgan fingerprint density at radius 3 is 2.30 bits per heavy atom. The summed E-state index contributed by atoms with van der Waals surface area (Å²) in [6, 6.07) is 30.3. The molecule has 3 aromatic carbocycles. The SMILES string of the molecule is C1=CCC(c2cc(-c3ccccc3)nc(-c3ccc(N4c5ccccc5C5C=CC=CC54)cc3)n2)C=C1. The van der Waals surface area contributed by atoms with Crippen LogP contribution in [-0.4, -0.2) is 16.0 Å². The normalized spacial score (nSPS) is 21.2. The van der Waals surface area contributed by atoms with Gasteiger partial charge in [-0.25, -0.2) is 9.97 Å². The van der Waals surface area contributed by atoms with Gasteiger partial charge in [0.05, 0.1) is 17.4 Å². The van der Waals surface area contributed by atoms with Crippen LogP contribution in [0.4, 0.5) is 11.4 Å². The average Bonchev–Trinajstić information content (AvgIpc) is 3.32. The van der Waals surface area contributed by atoms with E-state index < -0.39 is 0 Å². The number of aromatic nitrogens is 2. The first-order valence-corrected chi connectivity index (χ1v) is 13.0. The molecule has 7 rings (SSSR count). The van der Waals surface area contributed by atoms with Crippen LogP contribution in [0.25, 0.3) is 22.6 Å². The first-order valence-electron chi connectivity index (χ1n) is 13.0. The Morgan fingerprint density at radius 1 is 0.676 bits per heavy atom. The Labute approximate surface area is 217 Å². The number of para-hydroxylation sites is 1. The number of fused-ring (bicyclic) bond motifs is 3. The van der Waals surface area contributed by atoms with Crippen LogP contribution in [0.3, 0.4) is 0 Å². The molecule has 2 heterocycles. The van der Waals surface area contributed by atoms with Gasteiger partial charge in [0.1, 0.15) is 0 Å². The zero-order chi connectivity index (χ0) is 24.6. The zero-order valence-electron chi connectivity index (χ0n) is 20.5. The van der Waals surface area contributed by atoms with E-state index in [1.54, 1.807) is 0 Å². The van der Waals surface area contributed by atoms with E-state index in [1.807, 2.05) is 6.07 Å². The van der Waals surface area contributed by atoms with Gasteiger partial charge in [0.15, 0.2) is 5.82 Å². The van der Waals surface area contributed by atoms with Crippen molar-refractivity contribution >= 4 is 11.4 Å². The number of nitrogens with zero attached hydrogens (tertiary/aromatic N) is 3. The molecule has 0 bridgehead atoms.